The molecule has 1 heterocycles. The van der Waals surface area contributed by atoms with E-state index < -0.39 is 5.97 Å². The molecule has 0 radical (unpaired) electrons. The minimum Gasteiger partial charge on any atom is -0.495 e. The van der Waals surface area contributed by atoms with Gasteiger partial charge in [-0.1, -0.05) is 6.07 Å². The number of aromatic nitrogens is 2. The summed E-state index contributed by atoms with van der Waals surface area (Å²) >= 11 is 0. The molecule has 0 saturated carbocycles. The lowest BCUT2D eigenvalue weighted by atomic mass is 10.1. The van der Waals surface area contributed by atoms with Crippen molar-refractivity contribution in [1.82, 2.24) is 9.55 Å². The third-order valence-electron chi connectivity index (χ3n) is 3.39. The van der Waals surface area contributed by atoms with Crippen LogP contribution in [0, 0.1) is 6.92 Å². The van der Waals surface area contributed by atoms with Gasteiger partial charge in [0.15, 0.2) is 0 Å². The Bertz CT molecular complexity index is 837. The number of benzene rings is 2. The molecule has 0 aliphatic carbocycles. The number of hydrogen-bond donors (Lipinski definition) is 1. The van der Waals surface area contributed by atoms with E-state index in [0.29, 0.717) is 5.75 Å². The molecule has 0 spiro atoms. The maximum Gasteiger partial charge on any atom is 0.335 e. The minimum atomic E-state index is -0.958. The lowest BCUT2D eigenvalue weighted by Gasteiger charge is -2.11. The smallest absolute Gasteiger partial charge is 0.335 e. The van der Waals surface area contributed by atoms with E-state index in [-0.39, 0.29) is 5.56 Å². The molecule has 5 nitrogen and oxygen atoms in total. The van der Waals surface area contributed by atoms with Gasteiger partial charge in [0.2, 0.25) is 0 Å². The monoisotopic (exact) mass is 282 g/mol. The van der Waals surface area contributed by atoms with Gasteiger partial charge >= 0.3 is 5.97 Å². The summed E-state index contributed by atoms with van der Waals surface area (Å²) in [5.41, 5.74) is 3.63. The van der Waals surface area contributed by atoms with E-state index >= 15 is 0 Å². The lowest BCUT2D eigenvalue weighted by Crippen LogP contribution is -1.99. The molecular weight excluding hydrogens is 268 g/mol. The average Bonchev–Trinajstić information content (AvgIpc) is 2.89. The molecule has 21 heavy (non-hydrogen) atoms. The van der Waals surface area contributed by atoms with Gasteiger partial charge in [0, 0.05) is 0 Å². The predicted octanol–water partition coefficient (Wildman–Crippen LogP) is 3.04. The molecule has 5 heteroatoms. The van der Waals surface area contributed by atoms with E-state index in [1.165, 1.54) is 0 Å². The first-order valence-corrected chi connectivity index (χ1v) is 6.45. The Morgan fingerprint density at radius 1 is 1.24 bits per heavy atom. The molecule has 0 aliphatic heterocycles. The fraction of sp³-hybridized carbons (Fsp3) is 0.125. The Balaban J connectivity index is 2.27. The van der Waals surface area contributed by atoms with Crippen LogP contribution in [-0.4, -0.2) is 27.7 Å². The van der Waals surface area contributed by atoms with E-state index in [4.69, 9.17) is 9.84 Å². The van der Waals surface area contributed by atoms with Crippen molar-refractivity contribution in [3.63, 3.8) is 0 Å². The number of imidazole rings is 1. The summed E-state index contributed by atoms with van der Waals surface area (Å²) in [6.45, 7) is 1.99. The molecule has 3 aromatic rings. The average molecular weight is 282 g/mol. The summed E-state index contributed by atoms with van der Waals surface area (Å²) < 4.78 is 7.23. The number of fused-ring (bicyclic) bond motifs is 1. The molecule has 0 saturated heterocycles. The van der Waals surface area contributed by atoms with E-state index in [0.717, 1.165) is 22.3 Å². The highest BCUT2D eigenvalue weighted by Crippen LogP contribution is 2.27. The summed E-state index contributed by atoms with van der Waals surface area (Å²) in [5.74, 6) is -0.249. The Labute approximate surface area is 121 Å². The zero-order chi connectivity index (χ0) is 15.0. The van der Waals surface area contributed by atoms with Crippen molar-refractivity contribution in [3.8, 4) is 11.4 Å². The molecule has 0 unspecified atom stereocenters. The molecule has 0 aliphatic rings. The Kier molecular flexibility index (Phi) is 3.10. The van der Waals surface area contributed by atoms with Gasteiger partial charge in [0.1, 0.15) is 12.1 Å². The van der Waals surface area contributed by atoms with E-state index in [9.17, 15) is 4.79 Å². The number of aryl methyl sites for hydroxylation is 1. The molecule has 3 rings (SSSR count). The molecule has 106 valence electrons. The number of nitrogens with zero attached hydrogens (tertiary/aromatic N) is 2. The Hall–Kier alpha value is -2.82. The molecule has 0 amide bonds. The fourth-order valence-electron chi connectivity index (χ4n) is 2.32. The molecule has 0 fully saturated rings. The van der Waals surface area contributed by atoms with Gasteiger partial charge in [-0.05, 0) is 42.8 Å². The van der Waals surface area contributed by atoms with Crippen LogP contribution in [0.1, 0.15) is 15.9 Å². The SMILES string of the molecule is COc1ccc(C)cc1-n1cnc2ccc(C(=O)O)cc21. The lowest BCUT2D eigenvalue weighted by molar-refractivity contribution is 0.0697. The van der Waals surface area contributed by atoms with Crippen LogP contribution in [0.2, 0.25) is 0 Å². The number of methoxy groups -OCH3 is 1. The van der Waals surface area contributed by atoms with E-state index in [2.05, 4.69) is 4.98 Å². The van der Waals surface area contributed by atoms with Gasteiger partial charge in [-0.15, -0.1) is 0 Å². The van der Waals surface area contributed by atoms with Crippen molar-refractivity contribution in [3.05, 3.63) is 53.9 Å². The molecule has 2 aromatic carbocycles. The number of hydrogen-bond acceptors (Lipinski definition) is 3. The highest BCUT2D eigenvalue weighted by Gasteiger charge is 2.12. The standard InChI is InChI=1S/C16H14N2O3/c1-10-3-6-15(21-2)14(7-10)18-9-17-12-5-4-11(16(19)20)8-13(12)18/h3-9H,1-2H3,(H,19,20). The molecular formula is C16H14N2O3. The van der Waals surface area contributed by atoms with Crippen molar-refractivity contribution in [2.45, 2.75) is 6.92 Å². The van der Waals surface area contributed by atoms with Crippen LogP contribution in [0.4, 0.5) is 0 Å². The molecule has 1 N–H and O–H groups in total. The Morgan fingerprint density at radius 3 is 2.76 bits per heavy atom. The van der Waals surface area contributed by atoms with Crippen molar-refractivity contribution < 1.29 is 14.6 Å². The third-order valence-corrected chi connectivity index (χ3v) is 3.39. The van der Waals surface area contributed by atoms with Crippen LogP contribution < -0.4 is 4.74 Å². The van der Waals surface area contributed by atoms with Crippen molar-refractivity contribution in [2.24, 2.45) is 0 Å². The number of rotatable bonds is 3. The van der Waals surface area contributed by atoms with Crippen molar-refractivity contribution >= 4 is 17.0 Å². The van der Waals surface area contributed by atoms with E-state index in [1.54, 1.807) is 31.6 Å². The fourth-order valence-corrected chi connectivity index (χ4v) is 2.32. The van der Waals surface area contributed by atoms with Gasteiger partial charge in [0.25, 0.3) is 0 Å². The highest BCUT2D eigenvalue weighted by atomic mass is 16.5. The minimum absolute atomic E-state index is 0.232. The second kappa shape index (κ2) is 4.94. The zero-order valence-electron chi connectivity index (χ0n) is 11.7. The summed E-state index contributed by atoms with van der Waals surface area (Å²) in [6.07, 6.45) is 1.67. The highest BCUT2D eigenvalue weighted by molar-refractivity contribution is 5.92. The predicted molar refractivity (Wildman–Crippen MR) is 79.3 cm³/mol. The summed E-state index contributed by atoms with van der Waals surface area (Å²) in [7, 11) is 1.61. The van der Waals surface area contributed by atoms with Crippen LogP contribution in [0.3, 0.4) is 0 Å². The summed E-state index contributed by atoms with van der Waals surface area (Å²) in [6, 6.07) is 10.7. The second-order valence-electron chi connectivity index (χ2n) is 4.80. The number of carbonyl (C=O) groups is 1. The van der Waals surface area contributed by atoms with E-state index in [1.807, 2.05) is 29.7 Å². The zero-order valence-corrected chi connectivity index (χ0v) is 11.7. The summed E-state index contributed by atoms with van der Waals surface area (Å²) in [4.78, 5) is 15.5. The first-order valence-electron chi connectivity index (χ1n) is 6.45. The number of carboxylic acid groups (broad SMARTS) is 1. The normalized spacial score (nSPS) is 10.8. The maximum absolute atomic E-state index is 11.1. The van der Waals surface area contributed by atoms with Crippen LogP contribution in [0.15, 0.2) is 42.7 Å². The first-order chi connectivity index (χ1) is 10.1. The first kappa shape index (κ1) is 13.2. The van der Waals surface area contributed by atoms with Gasteiger partial charge in [0.05, 0.1) is 29.4 Å². The number of carboxylic acids is 1. The van der Waals surface area contributed by atoms with Crippen LogP contribution in [0.5, 0.6) is 5.75 Å². The topological polar surface area (TPSA) is 64.4 Å². The quantitative estimate of drug-likeness (QED) is 0.802. The second-order valence-corrected chi connectivity index (χ2v) is 4.80. The molecule has 1 aromatic heterocycles. The van der Waals surface area contributed by atoms with Gasteiger partial charge in [-0.3, -0.25) is 4.57 Å². The maximum atomic E-state index is 11.1. The molecule has 0 bridgehead atoms. The van der Waals surface area contributed by atoms with Crippen LogP contribution in [0.25, 0.3) is 16.7 Å². The number of aromatic carboxylic acids is 1. The van der Waals surface area contributed by atoms with Crippen molar-refractivity contribution in [2.75, 3.05) is 7.11 Å². The largest absolute Gasteiger partial charge is 0.495 e. The number of ether oxygens (including phenoxy) is 1. The third kappa shape index (κ3) is 2.23. The van der Waals surface area contributed by atoms with Gasteiger partial charge in [-0.25, -0.2) is 9.78 Å². The van der Waals surface area contributed by atoms with Crippen LogP contribution in [-0.2, 0) is 0 Å². The van der Waals surface area contributed by atoms with Crippen molar-refractivity contribution in [1.29, 1.82) is 0 Å². The Morgan fingerprint density at radius 2 is 2.05 bits per heavy atom. The molecule has 0 atom stereocenters. The van der Waals surface area contributed by atoms with Gasteiger partial charge < -0.3 is 9.84 Å². The van der Waals surface area contributed by atoms with Crippen LogP contribution >= 0.6 is 0 Å². The van der Waals surface area contributed by atoms with Gasteiger partial charge in [-0.2, -0.15) is 0 Å². The summed E-state index contributed by atoms with van der Waals surface area (Å²) in [5, 5.41) is 9.13.